The van der Waals surface area contributed by atoms with Gasteiger partial charge in [-0.15, -0.1) is 18.3 Å². The molecule has 0 saturated heterocycles. The average Bonchev–Trinajstić information content (AvgIpc) is 2.60. The third kappa shape index (κ3) is 3.94. The van der Waals surface area contributed by atoms with Gasteiger partial charge in [0.15, 0.2) is 0 Å². The molecule has 128 valence electrons. The van der Waals surface area contributed by atoms with Gasteiger partial charge in [0.25, 0.3) is 10.0 Å². The number of ether oxygens (including phenoxy) is 1. The zero-order valence-electron chi connectivity index (χ0n) is 13.8. The van der Waals surface area contributed by atoms with Gasteiger partial charge in [-0.25, -0.2) is 8.42 Å². The van der Waals surface area contributed by atoms with E-state index in [1.807, 2.05) is 19.2 Å². The molecule has 0 fully saturated rings. The highest BCUT2D eigenvalue weighted by Gasteiger charge is 2.26. The summed E-state index contributed by atoms with van der Waals surface area (Å²) in [5.41, 5.74) is 0.508. The molecule has 2 aromatic rings. The summed E-state index contributed by atoms with van der Waals surface area (Å²) in [6, 6.07) is 14.0. The van der Waals surface area contributed by atoms with Gasteiger partial charge in [0.05, 0.1) is 23.7 Å². The second-order valence-corrected chi connectivity index (χ2v) is 7.64. The number of hydrogen-bond donors (Lipinski definition) is 0. The minimum absolute atomic E-state index is 0.163. The van der Waals surface area contributed by atoms with Crippen LogP contribution in [0.4, 0.5) is 5.69 Å². The van der Waals surface area contributed by atoms with Crippen molar-refractivity contribution in [2.24, 2.45) is 0 Å². The van der Waals surface area contributed by atoms with Crippen molar-refractivity contribution in [3.05, 3.63) is 61.2 Å². The maximum Gasteiger partial charge on any atom is 0.264 e. The summed E-state index contributed by atoms with van der Waals surface area (Å²) in [5, 5.41) is 0. The lowest BCUT2D eigenvalue weighted by atomic mass is 10.3. The molecular formula is C18H21NO3S2. The van der Waals surface area contributed by atoms with Crippen LogP contribution in [0.5, 0.6) is 5.75 Å². The molecule has 0 aliphatic rings. The van der Waals surface area contributed by atoms with Crippen LogP contribution in [0.1, 0.15) is 6.92 Å². The molecule has 0 aromatic heterocycles. The van der Waals surface area contributed by atoms with Crippen LogP contribution in [-0.2, 0) is 10.0 Å². The van der Waals surface area contributed by atoms with Crippen LogP contribution < -0.4 is 9.04 Å². The van der Waals surface area contributed by atoms with Gasteiger partial charge in [-0.05, 0) is 49.6 Å². The normalized spacial score (nSPS) is 11.1. The lowest BCUT2D eigenvalue weighted by molar-refractivity contribution is 0.341. The van der Waals surface area contributed by atoms with E-state index in [4.69, 9.17) is 4.74 Å². The van der Waals surface area contributed by atoms with Crippen LogP contribution in [0.2, 0.25) is 0 Å². The van der Waals surface area contributed by atoms with E-state index < -0.39 is 10.0 Å². The highest BCUT2D eigenvalue weighted by atomic mass is 32.2. The van der Waals surface area contributed by atoms with Crippen molar-refractivity contribution in [1.29, 1.82) is 0 Å². The Morgan fingerprint density at radius 1 is 1.17 bits per heavy atom. The first kappa shape index (κ1) is 18.4. The van der Waals surface area contributed by atoms with Crippen LogP contribution in [0, 0.1) is 0 Å². The molecule has 0 heterocycles. The molecule has 2 rings (SSSR count). The van der Waals surface area contributed by atoms with E-state index in [-0.39, 0.29) is 11.4 Å². The summed E-state index contributed by atoms with van der Waals surface area (Å²) in [4.78, 5) is 1.26. The van der Waals surface area contributed by atoms with Crippen molar-refractivity contribution in [2.45, 2.75) is 16.7 Å². The molecule has 0 spiro atoms. The van der Waals surface area contributed by atoms with E-state index in [2.05, 4.69) is 6.58 Å². The summed E-state index contributed by atoms with van der Waals surface area (Å²) in [6.45, 7) is 6.17. The molecule has 0 aliphatic carbocycles. The maximum absolute atomic E-state index is 13.1. The quantitative estimate of drug-likeness (QED) is 0.521. The Bertz CT molecular complexity index is 786. The Kier molecular flexibility index (Phi) is 6.34. The van der Waals surface area contributed by atoms with E-state index in [1.165, 1.54) is 4.31 Å². The Morgan fingerprint density at radius 2 is 1.83 bits per heavy atom. The lowest BCUT2D eigenvalue weighted by Gasteiger charge is -2.25. The predicted octanol–water partition coefficient (Wildman–Crippen LogP) is 4.19. The third-order valence-corrected chi connectivity index (χ3v) is 5.91. The highest BCUT2D eigenvalue weighted by Crippen LogP contribution is 2.32. The molecule has 6 heteroatoms. The van der Waals surface area contributed by atoms with Gasteiger partial charge in [0.2, 0.25) is 0 Å². The van der Waals surface area contributed by atoms with Crippen LogP contribution >= 0.6 is 11.8 Å². The number of thioether (sulfide) groups is 1. The first-order valence-corrected chi connectivity index (χ1v) is 10.2. The van der Waals surface area contributed by atoms with E-state index >= 15 is 0 Å². The summed E-state index contributed by atoms with van der Waals surface area (Å²) < 4.78 is 33.1. The predicted molar refractivity (Wildman–Crippen MR) is 101 cm³/mol. The highest BCUT2D eigenvalue weighted by molar-refractivity contribution is 7.98. The molecule has 24 heavy (non-hydrogen) atoms. The number of benzene rings is 2. The summed E-state index contributed by atoms with van der Waals surface area (Å²) in [5.74, 6) is 0.533. The van der Waals surface area contributed by atoms with E-state index in [0.717, 1.165) is 4.90 Å². The summed E-state index contributed by atoms with van der Waals surface area (Å²) in [6.07, 6.45) is 3.52. The summed E-state index contributed by atoms with van der Waals surface area (Å²) >= 11 is 1.57. The molecular weight excluding hydrogens is 342 g/mol. The van der Waals surface area contributed by atoms with E-state index in [1.54, 1.807) is 60.3 Å². The summed E-state index contributed by atoms with van der Waals surface area (Å²) in [7, 11) is -3.71. The zero-order valence-corrected chi connectivity index (χ0v) is 15.4. The Balaban J connectivity index is 2.51. The zero-order chi connectivity index (χ0) is 17.6. The van der Waals surface area contributed by atoms with Gasteiger partial charge in [-0.1, -0.05) is 18.2 Å². The lowest BCUT2D eigenvalue weighted by Crippen LogP contribution is -2.31. The molecule has 0 bridgehead atoms. The molecule has 0 aliphatic heterocycles. The molecule has 0 amide bonds. The number of hydrogen-bond acceptors (Lipinski definition) is 4. The second kappa shape index (κ2) is 8.26. The Hall–Kier alpha value is -1.92. The minimum Gasteiger partial charge on any atom is -0.492 e. The number of rotatable bonds is 8. The first-order chi connectivity index (χ1) is 11.5. The fourth-order valence-electron chi connectivity index (χ4n) is 2.26. The maximum atomic E-state index is 13.1. The minimum atomic E-state index is -3.71. The van der Waals surface area contributed by atoms with E-state index in [9.17, 15) is 8.42 Å². The Labute approximate surface area is 148 Å². The SMILES string of the molecule is C=CCN(c1ccccc1OCC)S(=O)(=O)c1ccc(SC)cc1. The third-order valence-electron chi connectivity index (χ3n) is 3.38. The Morgan fingerprint density at radius 3 is 2.42 bits per heavy atom. The van der Waals surface area contributed by atoms with Crippen LogP contribution in [0.25, 0.3) is 0 Å². The van der Waals surface area contributed by atoms with E-state index in [0.29, 0.717) is 18.0 Å². The van der Waals surface area contributed by atoms with Crippen molar-refractivity contribution in [3.63, 3.8) is 0 Å². The van der Waals surface area contributed by atoms with Crippen molar-refractivity contribution in [2.75, 3.05) is 23.7 Å². The standard InChI is InChI=1S/C18H21NO3S2/c1-4-14-19(17-8-6-7-9-18(17)22-5-2)24(20,21)16-12-10-15(23-3)11-13-16/h4,6-13H,1,5,14H2,2-3H3. The van der Waals surface area contributed by atoms with Gasteiger partial charge < -0.3 is 4.74 Å². The molecule has 0 radical (unpaired) electrons. The molecule has 0 unspecified atom stereocenters. The largest absolute Gasteiger partial charge is 0.492 e. The smallest absolute Gasteiger partial charge is 0.264 e. The molecule has 0 atom stereocenters. The van der Waals surface area contributed by atoms with Crippen molar-refractivity contribution < 1.29 is 13.2 Å². The number of nitrogens with zero attached hydrogens (tertiary/aromatic N) is 1. The van der Waals surface area contributed by atoms with Crippen molar-refractivity contribution in [3.8, 4) is 5.75 Å². The number of anilines is 1. The fourth-order valence-corrected chi connectivity index (χ4v) is 4.11. The van der Waals surface area contributed by atoms with Crippen LogP contribution in [-0.4, -0.2) is 27.8 Å². The van der Waals surface area contributed by atoms with Gasteiger partial charge in [0.1, 0.15) is 5.75 Å². The van der Waals surface area contributed by atoms with Gasteiger partial charge in [0, 0.05) is 4.90 Å². The topological polar surface area (TPSA) is 46.6 Å². The molecule has 4 nitrogen and oxygen atoms in total. The average molecular weight is 364 g/mol. The fraction of sp³-hybridized carbons (Fsp3) is 0.222. The van der Waals surface area contributed by atoms with Crippen molar-refractivity contribution in [1.82, 2.24) is 0 Å². The number of sulfonamides is 1. The molecule has 2 aromatic carbocycles. The van der Waals surface area contributed by atoms with Gasteiger partial charge >= 0.3 is 0 Å². The molecule has 0 saturated carbocycles. The van der Waals surface area contributed by atoms with Crippen LogP contribution in [0.15, 0.2) is 71.0 Å². The first-order valence-electron chi connectivity index (χ1n) is 7.54. The number of para-hydroxylation sites is 2. The van der Waals surface area contributed by atoms with Crippen LogP contribution in [0.3, 0.4) is 0 Å². The second-order valence-electron chi connectivity index (χ2n) is 4.90. The van der Waals surface area contributed by atoms with Gasteiger partial charge in [-0.2, -0.15) is 0 Å². The van der Waals surface area contributed by atoms with Gasteiger partial charge in [-0.3, -0.25) is 4.31 Å². The monoisotopic (exact) mass is 363 g/mol. The molecule has 0 N–H and O–H groups in total. The van der Waals surface area contributed by atoms with Crippen molar-refractivity contribution >= 4 is 27.5 Å².